The largest absolute Gasteiger partial charge is 0.481 e. The van der Waals surface area contributed by atoms with Crippen molar-refractivity contribution in [2.75, 3.05) is 23.7 Å². The highest BCUT2D eigenvalue weighted by Gasteiger charge is 2.35. The third kappa shape index (κ3) is 3.25. The fourth-order valence-electron chi connectivity index (χ4n) is 1.88. The Balaban J connectivity index is 1.92. The van der Waals surface area contributed by atoms with Crippen LogP contribution < -0.4 is 10.6 Å². The molecule has 1 aliphatic rings. The molecule has 1 fully saturated rings. The molecule has 3 amide bonds. The number of hydrogen-bond donors (Lipinski definition) is 3. The molecule has 0 aliphatic carbocycles. The maximum atomic E-state index is 11.8. The van der Waals surface area contributed by atoms with Gasteiger partial charge in [0.25, 0.3) is 0 Å². The fourth-order valence-corrected chi connectivity index (χ4v) is 1.88. The van der Waals surface area contributed by atoms with E-state index in [-0.39, 0.29) is 25.0 Å². The van der Waals surface area contributed by atoms with E-state index in [1.54, 1.807) is 24.3 Å². The monoisotopic (exact) mass is 277 g/mol. The molecule has 1 saturated heterocycles. The van der Waals surface area contributed by atoms with Gasteiger partial charge < -0.3 is 20.6 Å². The molecular weight excluding hydrogens is 262 g/mol. The van der Waals surface area contributed by atoms with Crippen molar-refractivity contribution in [3.8, 4) is 0 Å². The minimum absolute atomic E-state index is 0.194. The van der Waals surface area contributed by atoms with E-state index in [9.17, 15) is 14.4 Å². The quantitative estimate of drug-likeness (QED) is 0.772. The lowest BCUT2D eigenvalue weighted by atomic mass is 10.0. The highest BCUT2D eigenvalue weighted by atomic mass is 16.4. The first kappa shape index (κ1) is 13.9. The number of carbonyl (C=O) groups is 3. The van der Waals surface area contributed by atoms with Gasteiger partial charge in [-0.05, 0) is 18.2 Å². The summed E-state index contributed by atoms with van der Waals surface area (Å²) in [6.07, 6.45) is 0. The lowest BCUT2D eigenvalue weighted by molar-refractivity contribution is -0.145. The maximum Gasteiger partial charge on any atom is 0.321 e. The fraction of sp³-hybridized carbons (Fsp3) is 0.308. The first-order chi connectivity index (χ1) is 9.45. The molecule has 1 heterocycles. The van der Waals surface area contributed by atoms with Gasteiger partial charge in [-0.25, -0.2) is 4.79 Å². The van der Waals surface area contributed by atoms with E-state index in [4.69, 9.17) is 5.11 Å². The normalized spacial score (nSPS) is 14.3. The number of hydrogen-bond acceptors (Lipinski definition) is 3. The van der Waals surface area contributed by atoms with Crippen LogP contribution in [0, 0.1) is 5.92 Å². The van der Waals surface area contributed by atoms with Gasteiger partial charge in [-0.2, -0.15) is 0 Å². The second kappa shape index (κ2) is 5.60. The van der Waals surface area contributed by atoms with Gasteiger partial charge in [-0.3, -0.25) is 9.59 Å². The van der Waals surface area contributed by atoms with Gasteiger partial charge in [-0.1, -0.05) is 6.07 Å². The van der Waals surface area contributed by atoms with E-state index in [1.165, 1.54) is 11.8 Å². The van der Waals surface area contributed by atoms with E-state index in [2.05, 4.69) is 10.6 Å². The van der Waals surface area contributed by atoms with Gasteiger partial charge in [0.1, 0.15) is 0 Å². The molecule has 0 radical (unpaired) electrons. The smallest absolute Gasteiger partial charge is 0.321 e. The van der Waals surface area contributed by atoms with Crippen molar-refractivity contribution in [3.63, 3.8) is 0 Å². The van der Waals surface area contributed by atoms with Crippen molar-refractivity contribution in [1.82, 2.24) is 4.90 Å². The van der Waals surface area contributed by atoms with Crippen molar-refractivity contribution >= 4 is 29.3 Å². The third-order valence-corrected chi connectivity index (χ3v) is 2.95. The summed E-state index contributed by atoms with van der Waals surface area (Å²) in [7, 11) is 0. The molecule has 1 aromatic carbocycles. The maximum absolute atomic E-state index is 11.8. The summed E-state index contributed by atoms with van der Waals surface area (Å²) in [5.74, 6) is -1.56. The van der Waals surface area contributed by atoms with Gasteiger partial charge in [0.05, 0.1) is 5.92 Å². The van der Waals surface area contributed by atoms with Gasteiger partial charge in [0.15, 0.2) is 0 Å². The summed E-state index contributed by atoms with van der Waals surface area (Å²) in [5.41, 5.74) is 1.13. The number of amides is 3. The second-order valence-corrected chi connectivity index (χ2v) is 4.63. The molecule has 0 bridgehead atoms. The number of carboxylic acids is 1. The Kier molecular flexibility index (Phi) is 3.88. The number of urea groups is 1. The minimum atomic E-state index is -0.887. The number of likely N-dealkylation sites (tertiary alicyclic amines) is 1. The van der Waals surface area contributed by atoms with Crippen LogP contribution in [-0.4, -0.2) is 41.0 Å². The Bertz CT molecular complexity index is 552. The summed E-state index contributed by atoms with van der Waals surface area (Å²) in [6, 6.07) is 6.39. The van der Waals surface area contributed by atoms with E-state index in [0.717, 1.165) is 0 Å². The number of benzene rings is 1. The molecule has 0 spiro atoms. The Hall–Kier alpha value is -2.57. The van der Waals surface area contributed by atoms with Gasteiger partial charge in [-0.15, -0.1) is 0 Å². The molecular formula is C13H15N3O4. The molecule has 1 aliphatic heterocycles. The average Bonchev–Trinajstić information content (AvgIpc) is 2.25. The number of nitrogens with one attached hydrogen (secondary N) is 2. The standard InChI is InChI=1S/C13H15N3O4/c1-8(17)14-10-3-2-4-11(5-10)15-13(20)16-6-9(7-16)12(18)19/h2-5,9H,6-7H2,1H3,(H,14,17)(H,15,20)(H,18,19). The minimum Gasteiger partial charge on any atom is -0.481 e. The second-order valence-electron chi connectivity index (χ2n) is 4.63. The number of carbonyl (C=O) groups excluding carboxylic acids is 2. The SMILES string of the molecule is CC(=O)Nc1cccc(NC(=O)N2CC(C(=O)O)C2)c1. The van der Waals surface area contributed by atoms with Gasteiger partial charge in [0, 0.05) is 31.4 Å². The molecule has 0 aromatic heterocycles. The van der Waals surface area contributed by atoms with Crippen LogP contribution in [0.5, 0.6) is 0 Å². The summed E-state index contributed by atoms with van der Waals surface area (Å²) in [4.78, 5) is 34.9. The lowest BCUT2D eigenvalue weighted by Crippen LogP contribution is -2.54. The van der Waals surface area contributed by atoms with E-state index in [0.29, 0.717) is 11.4 Å². The van der Waals surface area contributed by atoms with Crippen LogP contribution in [0.1, 0.15) is 6.92 Å². The predicted molar refractivity (Wildman–Crippen MR) is 72.5 cm³/mol. The third-order valence-electron chi connectivity index (χ3n) is 2.95. The van der Waals surface area contributed by atoms with Crippen molar-refractivity contribution < 1.29 is 19.5 Å². The van der Waals surface area contributed by atoms with Crippen molar-refractivity contribution in [2.24, 2.45) is 5.92 Å². The number of aliphatic carboxylic acids is 1. The number of nitrogens with zero attached hydrogens (tertiary/aromatic N) is 1. The Morgan fingerprint density at radius 2 is 1.80 bits per heavy atom. The highest BCUT2D eigenvalue weighted by molar-refractivity contribution is 5.93. The van der Waals surface area contributed by atoms with Crippen molar-refractivity contribution in [1.29, 1.82) is 0 Å². The number of rotatable bonds is 3. The predicted octanol–water partition coefficient (Wildman–Crippen LogP) is 1.19. The van der Waals surface area contributed by atoms with E-state index >= 15 is 0 Å². The summed E-state index contributed by atoms with van der Waals surface area (Å²) < 4.78 is 0. The highest BCUT2D eigenvalue weighted by Crippen LogP contribution is 2.19. The molecule has 7 heteroatoms. The van der Waals surface area contributed by atoms with Gasteiger partial charge in [0.2, 0.25) is 5.91 Å². The summed E-state index contributed by atoms with van der Waals surface area (Å²) in [5, 5.41) is 14.0. The molecule has 1 aromatic rings. The molecule has 3 N–H and O–H groups in total. The Labute approximate surface area is 115 Å². The summed E-state index contributed by atoms with van der Waals surface area (Å²) in [6.45, 7) is 1.83. The molecule has 2 rings (SSSR count). The zero-order valence-corrected chi connectivity index (χ0v) is 10.9. The van der Waals surface area contributed by atoms with E-state index < -0.39 is 11.9 Å². The molecule has 0 atom stereocenters. The molecule has 106 valence electrons. The van der Waals surface area contributed by atoms with E-state index in [1.807, 2.05) is 0 Å². The van der Waals surface area contributed by atoms with Crippen molar-refractivity contribution in [3.05, 3.63) is 24.3 Å². The zero-order chi connectivity index (χ0) is 14.7. The van der Waals surface area contributed by atoms with Crippen LogP contribution >= 0.6 is 0 Å². The van der Waals surface area contributed by atoms with Crippen LogP contribution in [0.3, 0.4) is 0 Å². The Morgan fingerprint density at radius 1 is 1.20 bits per heavy atom. The van der Waals surface area contributed by atoms with Crippen LogP contribution in [0.15, 0.2) is 24.3 Å². The van der Waals surface area contributed by atoms with Gasteiger partial charge >= 0.3 is 12.0 Å². The lowest BCUT2D eigenvalue weighted by Gasteiger charge is -2.36. The molecule has 0 saturated carbocycles. The first-order valence-electron chi connectivity index (χ1n) is 6.12. The summed E-state index contributed by atoms with van der Waals surface area (Å²) >= 11 is 0. The molecule has 7 nitrogen and oxygen atoms in total. The average molecular weight is 277 g/mol. The van der Waals surface area contributed by atoms with Crippen LogP contribution in [-0.2, 0) is 9.59 Å². The topological polar surface area (TPSA) is 98.7 Å². The number of carboxylic acid groups (broad SMARTS) is 1. The molecule has 20 heavy (non-hydrogen) atoms. The van der Waals surface area contributed by atoms with Crippen LogP contribution in [0.2, 0.25) is 0 Å². The Morgan fingerprint density at radius 3 is 2.35 bits per heavy atom. The van der Waals surface area contributed by atoms with Crippen molar-refractivity contribution in [2.45, 2.75) is 6.92 Å². The van der Waals surface area contributed by atoms with Crippen LogP contribution in [0.25, 0.3) is 0 Å². The zero-order valence-electron chi connectivity index (χ0n) is 10.9. The first-order valence-corrected chi connectivity index (χ1v) is 6.12. The molecule has 0 unspecified atom stereocenters. The number of anilines is 2. The van der Waals surface area contributed by atoms with Crippen LogP contribution in [0.4, 0.5) is 16.2 Å².